The summed E-state index contributed by atoms with van der Waals surface area (Å²) >= 11 is 0. The van der Waals surface area contributed by atoms with Crippen molar-refractivity contribution in [1.82, 2.24) is 19.9 Å². The standard InChI is InChI=1S/C21H18N6O/c1-13-6-2-3-7-14(13)21(28)24-10-11-27-19(23)15(12-22)18-20(27)26-17-9-5-4-8-16(17)25-18/h2-9H,10-11,23H2,1H3,(H,24,28). The fourth-order valence-corrected chi connectivity index (χ4v) is 3.26. The molecular formula is C21H18N6O. The number of nitriles is 1. The number of nitrogens with two attached hydrogens (primary N) is 1. The number of para-hydroxylation sites is 2. The second-order valence-electron chi connectivity index (χ2n) is 6.48. The lowest BCUT2D eigenvalue weighted by Crippen LogP contribution is -2.28. The van der Waals surface area contributed by atoms with Gasteiger partial charge in [0, 0.05) is 18.7 Å². The van der Waals surface area contributed by atoms with Crippen LogP contribution in [0, 0.1) is 18.3 Å². The lowest BCUT2D eigenvalue weighted by molar-refractivity contribution is 0.0952. The molecule has 0 aliphatic rings. The Labute approximate surface area is 161 Å². The Kier molecular flexibility index (Phi) is 4.38. The van der Waals surface area contributed by atoms with Gasteiger partial charge in [0.15, 0.2) is 5.65 Å². The summed E-state index contributed by atoms with van der Waals surface area (Å²) in [5.74, 6) is 0.156. The van der Waals surface area contributed by atoms with Crippen molar-refractivity contribution in [1.29, 1.82) is 5.26 Å². The highest BCUT2D eigenvalue weighted by molar-refractivity contribution is 5.95. The fourth-order valence-electron chi connectivity index (χ4n) is 3.26. The normalized spacial score (nSPS) is 10.9. The van der Waals surface area contributed by atoms with Gasteiger partial charge in [0.05, 0.1) is 11.0 Å². The van der Waals surface area contributed by atoms with Crippen LogP contribution in [0.2, 0.25) is 0 Å². The maximum absolute atomic E-state index is 12.4. The number of nitrogens with zero attached hydrogens (tertiary/aromatic N) is 4. The number of nitrogens with one attached hydrogen (secondary N) is 1. The zero-order valence-electron chi connectivity index (χ0n) is 15.3. The Bertz CT molecular complexity index is 1250. The van der Waals surface area contributed by atoms with E-state index in [1.807, 2.05) is 49.4 Å². The summed E-state index contributed by atoms with van der Waals surface area (Å²) in [5.41, 5.74) is 10.5. The van der Waals surface area contributed by atoms with Gasteiger partial charge in [-0.2, -0.15) is 5.26 Å². The average molecular weight is 370 g/mol. The molecule has 0 saturated heterocycles. The van der Waals surface area contributed by atoms with Gasteiger partial charge < -0.3 is 15.6 Å². The number of hydrogen-bond donors (Lipinski definition) is 2. The number of benzene rings is 2. The van der Waals surface area contributed by atoms with Gasteiger partial charge in [0.1, 0.15) is 23.0 Å². The lowest BCUT2D eigenvalue weighted by atomic mass is 10.1. The highest BCUT2D eigenvalue weighted by atomic mass is 16.1. The molecule has 0 bridgehead atoms. The van der Waals surface area contributed by atoms with Crippen LogP contribution in [0.1, 0.15) is 21.5 Å². The lowest BCUT2D eigenvalue weighted by Gasteiger charge is -2.10. The van der Waals surface area contributed by atoms with Crippen LogP contribution in [0.25, 0.3) is 22.2 Å². The van der Waals surface area contributed by atoms with Gasteiger partial charge >= 0.3 is 0 Å². The number of carbonyl (C=O) groups excluding carboxylic acids is 1. The van der Waals surface area contributed by atoms with Crippen LogP contribution >= 0.6 is 0 Å². The van der Waals surface area contributed by atoms with Crippen molar-refractivity contribution >= 4 is 33.9 Å². The number of hydrogen-bond acceptors (Lipinski definition) is 5. The number of aryl methyl sites for hydroxylation is 1. The molecule has 0 unspecified atom stereocenters. The maximum Gasteiger partial charge on any atom is 0.251 e. The summed E-state index contributed by atoms with van der Waals surface area (Å²) < 4.78 is 1.73. The molecule has 0 fully saturated rings. The molecule has 2 aromatic heterocycles. The van der Waals surface area contributed by atoms with Gasteiger partial charge in [-0.1, -0.05) is 30.3 Å². The van der Waals surface area contributed by atoms with E-state index < -0.39 is 0 Å². The van der Waals surface area contributed by atoms with E-state index in [-0.39, 0.29) is 5.91 Å². The van der Waals surface area contributed by atoms with Crippen molar-refractivity contribution < 1.29 is 4.79 Å². The van der Waals surface area contributed by atoms with Crippen LogP contribution in [0.4, 0.5) is 5.82 Å². The molecule has 2 heterocycles. The van der Waals surface area contributed by atoms with E-state index >= 15 is 0 Å². The van der Waals surface area contributed by atoms with E-state index in [1.165, 1.54) is 0 Å². The summed E-state index contributed by atoms with van der Waals surface area (Å²) in [7, 11) is 0. The zero-order chi connectivity index (χ0) is 19.7. The summed E-state index contributed by atoms with van der Waals surface area (Å²) in [6, 6.07) is 17.0. The monoisotopic (exact) mass is 370 g/mol. The second kappa shape index (κ2) is 7.00. The van der Waals surface area contributed by atoms with Crippen LogP contribution in [0.3, 0.4) is 0 Å². The van der Waals surface area contributed by atoms with Gasteiger partial charge in [0.25, 0.3) is 5.91 Å². The van der Waals surface area contributed by atoms with Crippen molar-refractivity contribution in [2.75, 3.05) is 12.3 Å². The largest absolute Gasteiger partial charge is 0.384 e. The first-order chi connectivity index (χ1) is 13.6. The second-order valence-corrected chi connectivity index (χ2v) is 6.48. The highest BCUT2D eigenvalue weighted by Crippen LogP contribution is 2.26. The molecule has 4 aromatic rings. The summed E-state index contributed by atoms with van der Waals surface area (Å²) in [6.07, 6.45) is 0. The summed E-state index contributed by atoms with van der Waals surface area (Å²) in [4.78, 5) is 21.6. The minimum absolute atomic E-state index is 0.148. The predicted octanol–water partition coefficient (Wildman–Crippen LogP) is 2.78. The number of anilines is 1. The first-order valence-electron chi connectivity index (χ1n) is 8.88. The minimum atomic E-state index is -0.148. The van der Waals surface area contributed by atoms with Gasteiger partial charge in [0.2, 0.25) is 0 Å². The quantitative estimate of drug-likeness (QED) is 0.574. The first kappa shape index (κ1) is 17.5. The van der Waals surface area contributed by atoms with Crippen molar-refractivity contribution in [2.45, 2.75) is 13.5 Å². The molecule has 138 valence electrons. The van der Waals surface area contributed by atoms with E-state index in [0.717, 1.165) is 11.1 Å². The molecule has 7 heteroatoms. The summed E-state index contributed by atoms with van der Waals surface area (Å²) in [5, 5.41) is 12.4. The van der Waals surface area contributed by atoms with Gasteiger partial charge in [-0.15, -0.1) is 0 Å². The fraction of sp³-hybridized carbons (Fsp3) is 0.143. The van der Waals surface area contributed by atoms with E-state index in [2.05, 4.69) is 21.4 Å². The van der Waals surface area contributed by atoms with Crippen molar-refractivity contribution in [3.63, 3.8) is 0 Å². The van der Waals surface area contributed by atoms with E-state index in [9.17, 15) is 10.1 Å². The molecule has 7 nitrogen and oxygen atoms in total. The minimum Gasteiger partial charge on any atom is -0.384 e. The number of amides is 1. The SMILES string of the molecule is Cc1ccccc1C(=O)NCCn1c(N)c(C#N)c2nc3ccccc3nc21. The van der Waals surface area contributed by atoms with Crippen molar-refractivity contribution in [3.05, 3.63) is 65.2 Å². The molecule has 0 radical (unpaired) electrons. The molecule has 3 N–H and O–H groups in total. The third kappa shape index (κ3) is 2.91. The van der Waals surface area contributed by atoms with E-state index in [0.29, 0.717) is 46.7 Å². The Morgan fingerprint density at radius 1 is 1.14 bits per heavy atom. The number of nitrogen functional groups attached to an aromatic ring is 1. The van der Waals surface area contributed by atoms with Crippen LogP contribution in [-0.4, -0.2) is 27.0 Å². The number of rotatable bonds is 4. The number of aromatic nitrogens is 3. The third-order valence-electron chi connectivity index (χ3n) is 4.71. The molecule has 28 heavy (non-hydrogen) atoms. The smallest absolute Gasteiger partial charge is 0.251 e. The predicted molar refractivity (Wildman–Crippen MR) is 108 cm³/mol. The Morgan fingerprint density at radius 2 is 1.82 bits per heavy atom. The molecule has 1 amide bonds. The average Bonchev–Trinajstić information content (AvgIpc) is 2.96. The van der Waals surface area contributed by atoms with Crippen molar-refractivity contribution in [2.24, 2.45) is 0 Å². The van der Waals surface area contributed by atoms with E-state index in [4.69, 9.17) is 5.73 Å². The summed E-state index contributed by atoms with van der Waals surface area (Å²) in [6.45, 7) is 2.63. The molecule has 0 aliphatic heterocycles. The number of fused-ring (bicyclic) bond motifs is 2. The maximum atomic E-state index is 12.4. The van der Waals surface area contributed by atoms with Crippen LogP contribution in [-0.2, 0) is 6.54 Å². The molecule has 0 saturated carbocycles. The molecule has 2 aromatic carbocycles. The highest BCUT2D eigenvalue weighted by Gasteiger charge is 2.18. The van der Waals surface area contributed by atoms with Gasteiger partial charge in [-0.25, -0.2) is 9.97 Å². The van der Waals surface area contributed by atoms with Crippen LogP contribution in [0.5, 0.6) is 0 Å². The molecular weight excluding hydrogens is 352 g/mol. The Morgan fingerprint density at radius 3 is 2.54 bits per heavy atom. The molecule has 4 rings (SSSR count). The van der Waals surface area contributed by atoms with Crippen LogP contribution < -0.4 is 11.1 Å². The van der Waals surface area contributed by atoms with E-state index in [1.54, 1.807) is 10.6 Å². The van der Waals surface area contributed by atoms with Crippen LogP contribution in [0.15, 0.2) is 48.5 Å². The third-order valence-corrected chi connectivity index (χ3v) is 4.71. The Balaban J connectivity index is 1.64. The van der Waals surface area contributed by atoms with Gasteiger partial charge in [-0.3, -0.25) is 4.79 Å². The topological polar surface area (TPSA) is 110 Å². The van der Waals surface area contributed by atoms with Crippen molar-refractivity contribution in [3.8, 4) is 6.07 Å². The zero-order valence-corrected chi connectivity index (χ0v) is 15.3. The molecule has 0 spiro atoms. The van der Waals surface area contributed by atoms with Gasteiger partial charge in [-0.05, 0) is 30.7 Å². The molecule has 0 aliphatic carbocycles. The number of carbonyl (C=O) groups is 1. The first-order valence-corrected chi connectivity index (χ1v) is 8.88. The Hall–Kier alpha value is -3.92. The molecule has 0 atom stereocenters.